The lowest BCUT2D eigenvalue weighted by Gasteiger charge is -2.14. The van der Waals surface area contributed by atoms with Gasteiger partial charge in [-0.2, -0.15) is 0 Å². The number of nitrogens with one attached hydrogen (secondary N) is 1. The maximum Gasteiger partial charge on any atom is 0.267 e. The van der Waals surface area contributed by atoms with Crippen LogP contribution in [0.25, 0.3) is 22.4 Å². The smallest absolute Gasteiger partial charge is 0.267 e. The van der Waals surface area contributed by atoms with E-state index in [0.29, 0.717) is 21.8 Å². The molecule has 0 unspecified atom stereocenters. The first-order valence-corrected chi connectivity index (χ1v) is 12.3. The van der Waals surface area contributed by atoms with Gasteiger partial charge in [-0.05, 0) is 68.7 Å². The van der Waals surface area contributed by atoms with Gasteiger partial charge in [0.25, 0.3) is 5.56 Å². The maximum absolute atomic E-state index is 13.6. The Balaban J connectivity index is 1.57. The summed E-state index contributed by atoms with van der Waals surface area (Å²) in [6, 6.07) is 19.2. The fourth-order valence-electron chi connectivity index (χ4n) is 4.24. The van der Waals surface area contributed by atoms with Gasteiger partial charge >= 0.3 is 0 Å². The fourth-order valence-corrected chi connectivity index (χ4v) is 4.98. The zero-order valence-electron chi connectivity index (χ0n) is 20.0. The molecule has 176 valence electrons. The Morgan fingerprint density at radius 1 is 0.943 bits per heavy atom. The van der Waals surface area contributed by atoms with Gasteiger partial charge in [-0.1, -0.05) is 53.7 Å². The summed E-state index contributed by atoms with van der Waals surface area (Å²) in [5, 5.41) is 12.8. The zero-order chi connectivity index (χ0) is 24.7. The molecule has 0 saturated carbocycles. The van der Waals surface area contributed by atoms with Crippen LogP contribution < -0.4 is 10.9 Å². The second-order valence-corrected chi connectivity index (χ2v) is 9.59. The number of amides is 1. The van der Waals surface area contributed by atoms with Crippen molar-refractivity contribution in [1.82, 2.24) is 19.2 Å². The minimum absolute atomic E-state index is 0.133. The third-order valence-corrected chi connectivity index (χ3v) is 7.13. The third-order valence-electron chi connectivity index (χ3n) is 6.20. The van der Waals surface area contributed by atoms with Crippen molar-refractivity contribution in [2.45, 2.75) is 32.9 Å². The molecule has 3 aromatic carbocycles. The molecule has 2 aromatic heterocycles. The zero-order valence-corrected chi connectivity index (χ0v) is 20.8. The normalized spacial score (nSPS) is 11.3. The van der Waals surface area contributed by atoms with E-state index in [0.717, 1.165) is 33.6 Å². The molecule has 1 amide bonds. The highest BCUT2D eigenvalue weighted by atomic mass is 32.2. The highest BCUT2D eigenvalue weighted by molar-refractivity contribution is 7.99. The summed E-state index contributed by atoms with van der Waals surface area (Å²) in [5.74, 6) is 0.441. The van der Waals surface area contributed by atoms with Crippen LogP contribution in [0.4, 0.5) is 5.69 Å². The SMILES string of the molecule is Cc1ccc(NC(=O)CSc2nnc3n(-c4cccc(C)c4C)c(=O)c4ccccc4n23)c(C)c1. The van der Waals surface area contributed by atoms with E-state index in [4.69, 9.17) is 0 Å². The average molecular weight is 484 g/mol. The van der Waals surface area contributed by atoms with Crippen LogP contribution in [0.15, 0.2) is 70.6 Å². The fraction of sp³-hybridized carbons (Fsp3) is 0.185. The van der Waals surface area contributed by atoms with Gasteiger partial charge in [0.1, 0.15) is 0 Å². The van der Waals surface area contributed by atoms with Crippen molar-refractivity contribution in [3.63, 3.8) is 0 Å². The molecule has 2 heterocycles. The number of para-hydroxylation sites is 1. The predicted octanol–water partition coefficient (Wildman–Crippen LogP) is 5.00. The van der Waals surface area contributed by atoms with Crippen molar-refractivity contribution < 1.29 is 4.79 Å². The molecule has 5 rings (SSSR count). The average Bonchev–Trinajstić information content (AvgIpc) is 3.26. The number of carbonyl (C=O) groups excluding carboxylic acids is 1. The van der Waals surface area contributed by atoms with Crippen molar-refractivity contribution in [2.75, 3.05) is 11.1 Å². The molecular weight excluding hydrogens is 458 g/mol. The molecule has 0 radical (unpaired) electrons. The number of anilines is 1. The Labute approximate surface area is 206 Å². The topological polar surface area (TPSA) is 81.3 Å². The lowest BCUT2D eigenvalue weighted by atomic mass is 10.1. The van der Waals surface area contributed by atoms with Crippen molar-refractivity contribution in [3.05, 3.63) is 93.3 Å². The van der Waals surface area contributed by atoms with E-state index >= 15 is 0 Å². The molecule has 35 heavy (non-hydrogen) atoms. The van der Waals surface area contributed by atoms with Crippen molar-refractivity contribution in [3.8, 4) is 5.69 Å². The van der Waals surface area contributed by atoms with Crippen molar-refractivity contribution in [1.29, 1.82) is 0 Å². The van der Waals surface area contributed by atoms with Crippen LogP contribution in [0.3, 0.4) is 0 Å². The molecule has 0 saturated heterocycles. The summed E-state index contributed by atoms with van der Waals surface area (Å²) < 4.78 is 3.46. The summed E-state index contributed by atoms with van der Waals surface area (Å²) in [5.41, 5.74) is 6.35. The van der Waals surface area contributed by atoms with E-state index < -0.39 is 0 Å². The summed E-state index contributed by atoms with van der Waals surface area (Å²) in [6.45, 7) is 8.00. The molecule has 0 spiro atoms. The molecule has 0 aliphatic carbocycles. The van der Waals surface area contributed by atoms with E-state index in [2.05, 4.69) is 15.5 Å². The number of carbonyl (C=O) groups is 1. The van der Waals surface area contributed by atoms with E-state index in [1.165, 1.54) is 11.8 Å². The molecule has 0 aliphatic heterocycles. The third kappa shape index (κ3) is 4.10. The van der Waals surface area contributed by atoms with E-state index in [1.54, 1.807) is 10.6 Å². The number of rotatable bonds is 5. The summed E-state index contributed by atoms with van der Waals surface area (Å²) in [4.78, 5) is 26.3. The van der Waals surface area contributed by atoms with E-state index in [-0.39, 0.29) is 17.2 Å². The molecule has 0 fully saturated rings. The Bertz CT molecular complexity index is 1670. The lowest BCUT2D eigenvalue weighted by Crippen LogP contribution is -2.23. The largest absolute Gasteiger partial charge is 0.325 e. The van der Waals surface area contributed by atoms with Crippen LogP contribution in [0.1, 0.15) is 22.3 Å². The quantitative estimate of drug-likeness (QED) is 0.356. The Morgan fingerprint density at radius 3 is 2.54 bits per heavy atom. The standard InChI is InChI=1S/C27H25N5O2S/c1-16-12-13-21(18(3)14-16)28-24(33)15-35-27-30-29-26-31(22-11-7-8-17(2)19(22)4)25(34)20-9-5-6-10-23(20)32(26)27/h5-14H,15H2,1-4H3,(H,28,33). The molecule has 5 aromatic rings. The van der Waals surface area contributed by atoms with Gasteiger partial charge in [0.05, 0.1) is 22.3 Å². The van der Waals surface area contributed by atoms with Gasteiger partial charge in [0.2, 0.25) is 11.7 Å². The second kappa shape index (κ2) is 9.03. The van der Waals surface area contributed by atoms with Crippen LogP contribution in [-0.2, 0) is 4.79 Å². The molecule has 0 atom stereocenters. The first kappa shape index (κ1) is 22.9. The van der Waals surface area contributed by atoms with Crippen molar-refractivity contribution >= 4 is 40.0 Å². The molecule has 7 nitrogen and oxygen atoms in total. The first-order chi connectivity index (χ1) is 16.8. The number of benzene rings is 3. The highest BCUT2D eigenvalue weighted by Crippen LogP contribution is 2.25. The lowest BCUT2D eigenvalue weighted by molar-refractivity contribution is -0.113. The summed E-state index contributed by atoms with van der Waals surface area (Å²) in [7, 11) is 0. The van der Waals surface area contributed by atoms with Crippen LogP contribution in [0.2, 0.25) is 0 Å². The van der Waals surface area contributed by atoms with Crippen molar-refractivity contribution in [2.24, 2.45) is 0 Å². The predicted molar refractivity (Wildman–Crippen MR) is 141 cm³/mol. The monoisotopic (exact) mass is 483 g/mol. The number of nitrogens with zero attached hydrogens (tertiary/aromatic N) is 4. The Morgan fingerprint density at radius 2 is 1.74 bits per heavy atom. The van der Waals surface area contributed by atoms with Crippen LogP contribution >= 0.6 is 11.8 Å². The van der Waals surface area contributed by atoms with Crippen LogP contribution in [0.5, 0.6) is 0 Å². The second-order valence-electron chi connectivity index (χ2n) is 8.65. The van der Waals surface area contributed by atoms with E-state index in [1.807, 2.05) is 86.7 Å². The number of fused-ring (bicyclic) bond motifs is 3. The molecule has 0 aliphatic rings. The number of hydrogen-bond acceptors (Lipinski definition) is 5. The first-order valence-electron chi connectivity index (χ1n) is 11.3. The van der Waals surface area contributed by atoms with Gasteiger partial charge in [0, 0.05) is 5.69 Å². The molecule has 1 N–H and O–H groups in total. The van der Waals surface area contributed by atoms with Gasteiger partial charge in [-0.25, -0.2) is 4.57 Å². The maximum atomic E-state index is 13.6. The minimum Gasteiger partial charge on any atom is -0.325 e. The molecule has 0 bridgehead atoms. The van der Waals surface area contributed by atoms with Gasteiger partial charge in [-0.3, -0.25) is 14.0 Å². The van der Waals surface area contributed by atoms with Crippen LogP contribution in [-0.4, -0.2) is 30.8 Å². The summed E-state index contributed by atoms with van der Waals surface area (Å²) >= 11 is 1.29. The van der Waals surface area contributed by atoms with Gasteiger partial charge in [-0.15, -0.1) is 10.2 Å². The number of thioether (sulfide) groups is 1. The molecular formula is C27H25N5O2S. The summed E-state index contributed by atoms with van der Waals surface area (Å²) in [6.07, 6.45) is 0. The van der Waals surface area contributed by atoms with Gasteiger partial charge < -0.3 is 5.32 Å². The van der Waals surface area contributed by atoms with Gasteiger partial charge in [0.15, 0.2) is 5.16 Å². The number of aryl methyl sites for hydroxylation is 3. The van der Waals surface area contributed by atoms with E-state index in [9.17, 15) is 9.59 Å². The van der Waals surface area contributed by atoms with Crippen LogP contribution in [0, 0.1) is 27.7 Å². The Hall–Kier alpha value is -3.91. The number of aromatic nitrogens is 4. The highest BCUT2D eigenvalue weighted by Gasteiger charge is 2.20. The number of hydrogen-bond donors (Lipinski definition) is 1. The minimum atomic E-state index is -0.154. The molecule has 8 heteroatoms. The Kier molecular flexibility index (Phi) is 5.90.